The van der Waals surface area contributed by atoms with E-state index in [9.17, 15) is 18.0 Å². The Hall–Kier alpha value is -3.32. The number of carbonyl (C=O) groups excluding carboxylic acids is 1. The van der Waals surface area contributed by atoms with Crippen LogP contribution in [0.4, 0.5) is 18.9 Å². The van der Waals surface area contributed by atoms with Gasteiger partial charge in [-0.25, -0.2) is 0 Å². The summed E-state index contributed by atoms with van der Waals surface area (Å²) in [4.78, 5) is 17.3. The predicted octanol–water partition coefficient (Wildman–Crippen LogP) is 6.41. The van der Waals surface area contributed by atoms with Crippen molar-refractivity contribution in [1.29, 1.82) is 0 Å². The fourth-order valence-corrected chi connectivity index (χ4v) is 5.02. The number of nitrogens with zero attached hydrogens (tertiary/aromatic N) is 2. The van der Waals surface area contributed by atoms with Crippen LogP contribution in [0, 0.1) is 0 Å². The summed E-state index contributed by atoms with van der Waals surface area (Å²) in [5.41, 5.74) is 2.05. The van der Waals surface area contributed by atoms with E-state index in [1.165, 1.54) is 19.2 Å². The fraction of sp³-hybridized carbons (Fsp3) is 0.367. The molecule has 0 aliphatic carbocycles. The zero-order valence-electron chi connectivity index (χ0n) is 21.3. The number of hydrogen-bond donors (Lipinski definition) is 0. The van der Waals surface area contributed by atoms with Gasteiger partial charge >= 0.3 is 12.1 Å². The predicted molar refractivity (Wildman–Crippen MR) is 141 cm³/mol. The zero-order valence-corrected chi connectivity index (χ0v) is 21.3. The van der Waals surface area contributed by atoms with E-state index in [0.717, 1.165) is 62.0 Å². The smallest absolute Gasteiger partial charge is 0.416 e. The van der Waals surface area contributed by atoms with E-state index >= 15 is 0 Å². The summed E-state index contributed by atoms with van der Waals surface area (Å²) in [5, 5.41) is 0. The lowest BCUT2D eigenvalue weighted by molar-refractivity contribution is -0.147. The number of alkyl halides is 3. The minimum Gasteiger partial charge on any atom is -0.468 e. The van der Waals surface area contributed by atoms with E-state index in [2.05, 4.69) is 9.80 Å². The second-order valence-corrected chi connectivity index (χ2v) is 9.75. The molecule has 1 unspecified atom stereocenters. The van der Waals surface area contributed by atoms with Crippen LogP contribution in [0.15, 0.2) is 78.9 Å². The second kappa shape index (κ2) is 11.4. The van der Waals surface area contributed by atoms with Crippen molar-refractivity contribution in [2.45, 2.75) is 31.4 Å². The first-order chi connectivity index (χ1) is 17.7. The van der Waals surface area contributed by atoms with Gasteiger partial charge in [-0.1, -0.05) is 54.6 Å². The van der Waals surface area contributed by atoms with E-state index < -0.39 is 17.2 Å². The Labute approximate surface area is 216 Å². The third kappa shape index (κ3) is 6.34. The second-order valence-electron chi connectivity index (χ2n) is 9.75. The summed E-state index contributed by atoms with van der Waals surface area (Å²) < 4.78 is 44.3. The molecule has 1 saturated heterocycles. The molecule has 0 amide bonds. The minimum atomic E-state index is -4.35. The number of carbonyl (C=O) groups is 1. The van der Waals surface area contributed by atoms with Gasteiger partial charge in [0.15, 0.2) is 0 Å². The number of anilines is 1. The molecule has 0 N–H and O–H groups in total. The molecule has 3 aromatic rings. The van der Waals surface area contributed by atoms with Crippen LogP contribution in [0.3, 0.4) is 0 Å². The van der Waals surface area contributed by atoms with Crippen LogP contribution in [-0.4, -0.2) is 50.7 Å². The standard InChI is InChI=1S/C30H33F3N2O2/c1-29(28(36)37-2,25-9-4-3-5-10-25)16-7-17-34-18-20-35(21-19-34)27-14-12-23(13-15-27)24-8-6-11-26(22-24)30(31,32)33/h3-6,8-15,22H,7,16-21H2,1-2H3. The van der Waals surface area contributed by atoms with Crippen LogP contribution in [0.1, 0.15) is 30.9 Å². The van der Waals surface area contributed by atoms with E-state index in [4.69, 9.17) is 4.74 Å². The van der Waals surface area contributed by atoms with Gasteiger partial charge in [-0.15, -0.1) is 0 Å². The normalized spacial score (nSPS) is 16.3. The molecule has 3 aromatic carbocycles. The Kier molecular flexibility index (Phi) is 8.22. The quantitative estimate of drug-likeness (QED) is 0.328. The Balaban J connectivity index is 1.30. The van der Waals surface area contributed by atoms with Crippen LogP contribution < -0.4 is 4.90 Å². The lowest BCUT2D eigenvalue weighted by Crippen LogP contribution is -2.47. The number of rotatable bonds is 8. The third-order valence-corrected chi connectivity index (χ3v) is 7.33. The number of halogens is 3. The summed E-state index contributed by atoms with van der Waals surface area (Å²) in [7, 11) is 1.44. The molecule has 1 fully saturated rings. The molecule has 37 heavy (non-hydrogen) atoms. The van der Waals surface area contributed by atoms with Crippen LogP contribution in [0.25, 0.3) is 11.1 Å². The van der Waals surface area contributed by atoms with Gasteiger partial charge in [-0.2, -0.15) is 13.2 Å². The Morgan fingerprint density at radius 3 is 2.11 bits per heavy atom. The highest BCUT2D eigenvalue weighted by molar-refractivity contribution is 5.82. The zero-order chi connectivity index (χ0) is 26.5. The van der Waals surface area contributed by atoms with Crippen molar-refractivity contribution in [1.82, 2.24) is 4.90 Å². The molecule has 4 rings (SSSR count). The highest BCUT2D eigenvalue weighted by atomic mass is 19.4. The monoisotopic (exact) mass is 510 g/mol. The number of esters is 1. The molecular weight excluding hydrogens is 477 g/mol. The van der Waals surface area contributed by atoms with Gasteiger partial charge < -0.3 is 9.64 Å². The van der Waals surface area contributed by atoms with Crippen LogP contribution in [-0.2, 0) is 21.1 Å². The number of hydrogen-bond acceptors (Lipinski definition) is 4. The first-order valence-corrected chi connectivity index (χ1v) is 12.6. The molecule has 0 saturated carbocycles. The molecule has 7 heteroatoms. The number of ether oxygens (including phenoxy) is 1. The molecule has 0 spiro atoms. The Bertz CT molecular complexity index is 1170. The van der Waals surface area contributed by atoms with Crippen molar-refractivity contribution in [3.8, 4) is 11.1 Å². The Morgan fingerprint density at radius 2 is 1.49 bits per heavy atom. The summed E-state index contributed by atoms with van der Waals surface area (Å²) in [5.74, 6) is -0.211. The molecule has 1 atom stereocenters. The minimum absolute atomic E-state index is 0.211. The van der Waals surface area contributed by atoms with E-state index in [-0.39, 0.29) is 5.97 Å². The maximum absolute atomic E-state index is 13.1. The topological polar surface area (TPSA) is 32.8 Å². The number of methoxy groups -OCH3 is 1. The van der Waals surface area contributed by atoms with Crippen molar-refractivity contribution >= 4 is 11.7 Å². The fourth-order valence-electron chi connectivity index (χ4n) is 5.02. The maximum atomic E-state index is 13.1. The van der Waals surface area contributed by atoms with Crippen molar-refractivity contribution < 1.29 is 22.7 Å². The Morgan fingerprint density at radius 1 is 0.838 bits per heavy atom. The maximum Gasteiger partial charge on any atom is 0.416 e. The van der Waals surface area contributed by atoms with Gasteiger partial charge in [-0.05, 0) is 67.3 Å². The summed E-state index contributed by atoms with van der Waals surface area (Å²) in [6, 6.07) is 22.9. The molecule has 1 heterocycles. The molecule has 1 aliphatic rings. The molecular formula is C30H33F3N2O2. The van der Waals surface area contributed by atoms with Crippen molar-refractivity contribution in [2.75, 3.05) is 44.7 Å². The van der Waals surface area contributed by atoms with Crippen LogP contribution >= 0.6 is 0 Å². The van der Waals surface area contributed by atoms with Gasteiger partial charge in [0.05, 0.1) is 18.1 Å². The highest BCUT2D eigenvalue weighted by Crippen LogP contribution is 2.33. The van der Waals surface area contributed by atoms with Gasteiger partial charge in [0.2, 0.25) is 0 Å². The van der Waals surface area contributed by atoms with Gasteiger partial charge in [0.1, 0.15) is 0 Å². The van der Waals surface area contributed by atoms with Crippen LogP contribution in [0.5, 0.6) is 0 Å². The van der Waals surface area contributed by atoms with Gasteiger partial charge in [-0.3, -0.25) is 9.69 Å². The molecule has 1 aliphatic heterocycles. The van der Waals surface area contributed by atoms with Crippen molar-refractivity contribution in [3.63, 3.8) is 0 Å². The van der Waals surface area contributed by atoms with E-state index in [0.29, 0.717) is 12.0 Å². The molecule has 4 nitrogen and oxygen atoms in total. The number of piperazine rings is 1. The van der Waals surface area contributed by atoms with Crippen molar-refractivity contribution in [3.05, 3.63) is 90.0 Å². The van der Waals surface area contributed by atoms with E-state index in [1.54, 1.807) is 6.07 Å². The van der Waals surface area contributed by atoms with E-state index in [1.807, 2.05) is 61.5 Å². The average molecular weight is 511 g/mol. The lowest BCUT2D eigenvalue weighted by atomic mass is 9.78. The van der Waals surface area contributed by atoms with Crippen molar-refractivity contribution in [2.24, 2.45) is 0 Å². The van der Waals surface area contributed by atoms with Gasteiger partial charge in [0, 0.05) is 31.9 Å². The molecule has 0 bridgehead atoms. The first kappa shape index (κ1) is 26.7. The molecule has 196 valence electrons. The summed E-state index contributed by atoms with van der Waals surface area (Å²) in [6.07, 6.45) is -2.76. The first-order valence-electron chi connectivity index (χ1n) is 12.6. The molecule has 0 radical (unpaired) electrons. The third-order valence-electron chi connectivity index (χ3n) is 7.33. The summed E-state index contributed by atoms with van der Waals surface area (Å²) in [6.45, 7) is 6.42. The largest absolute Gasteiger partial charge is 0.468 e. The lowest BCUT2D eigenvalue weighted by Gasteiger charge is -2.36. The number of benzene rings is 3. The van der Waals surface area contributed by atoms with Crippen LogP contribution in [0.2, 0.25) is 0 Å². The average Bonchev–Trinajstić information content (AvgIpc) is 2.93. The highest BCUT2D eigenvalue weighted by Gasteiger charge is 2.36. The SMILES string of the molecule is COC(=O)C(C)(CCCN1CCN(c2ccc(-c3cccc(C(F)(F)F)c3)cc2)CC1)c1ccccc1. The summed E-state index contributed by atoms with van der Waals surface area (Å²) >= 11 is 0. The molecule has 0 aromatic heterocycles. The van der Waals surface area contributed by atoms with Gasteiger partial charge in [0.25, 0.3) is 0 Å².